The Balaban J connectivity index is 2.24. The van der Waals surface area contributed by atoms with Crippen molar-refractivity contribution in [2.45, 2.75) is 19.4 Å². The Bertz CT molecular complexity index is 531. The lowest BCUT2D eigenvalue weighted by Crippen LogP contribution is -2.23. The van der Waals surface area contributed by atoms with E-state index in [0.717, 1.165) is 29.1 Å². The Morgan fingerprint density at radius 2 is 1.95 bits per heavy atom. The zero-order valence-corrected chi connectivity index (χ0v) is 12.1. The first-order chi connectivity index (χ1) is 9.20. The van der Waals surface area contributed by atoms with Crippen LogP contribution in [0, 0.1) is 0 Å². The fraction of sp³-hybridized carbons (Fsp3) is 0.286. The number of halogens is 2. The van der Waals surface area contributed by atoms with Crippen molar-refractivity contribution in [3.63, 3.8) is 0 Å². The van der Waals surface area contributed by atoms with E-state index in [-0.39, 0.29) is 6.04 Å². The van der Waals surface area contributed by atoms with E-state index in [0.29, 0.717) is 5.02 Å². The minimum Gasteiger partial charge on any atom is -0.310 e. The molecule has 0 spiro atoms. The van der Waals surface area contributed by atoms with Crippen LogP contribution in [0.1, 0.15) is 24.1 Å². The van der Waals surface area contributed by atoms with Gasteiger partial charge in [0.1, 0.15) is 6.33 Å². The molecule has 2 aromatic rings. The second-order valence-electron chi connectivity index (χ2n) is 4.22. The van der Waals surface area contributed by atoms with E-state index in [4.69, 9.17) is 23.2 Å². The molecular formula is C14H15Cl2N3. The highest BCUT2D eigenvalue weighted by atomic mass is 35.5. The van der Waals surface area contributed by atoms with Gasteiger partial charge < -0.3 is 5.32 Å². The van der Waals surface area contributed by atoms with Gasteiger partial charge in [-0.05, 0) is 36.7 Å². The van der Waals surface area contributed by atoms with E-state index >= 15 is 0 Å². The van der Waals surface area contributed by atoms with Gasteiger partial charge in [-0.2, -0.15) is 0 Å². The topological polar surface area (TPSA) is 37.8 Å². The highest BCUT2D eigenvalue weighted by Gasteiger charge is 2.13. The molecule has 1 aromatic carbocycles. The molecule has 1 heterocycles. The molecule has 1 aromatic heterocycles. The molecule has 0 amide bonds. The van der Waals surface area contributed by atoms with E-state index in [9.17, 15) is 0 Å². The van der Waals surface area contributed by atoms with Crippen molar-refractivity contribution < 1.29 is 0 Å². The lowest BCUT2D eigenvalue weighted by molar-refractivity contribution is 0.546. The number of nitrogens with one attached hydrogen (secondary N) is 1. The number of hydrogen-bond acceptors (Lipinski definition) is 3. The number of rotatable bonds is 5. The van der Waals surface area contributed by atoms with Crippen LogP contribution in [0.2, 0.25) is 10.0 Å². The van der Waals surface area contributed by atoms with Crippen LogP contribution < -0.4 is 5.32 Å². The van der Waals surface area contributed by atoms with Gasteiger partial charge in [-0.1, -0.05) is 30.1 Å². The van der Waals surface area contributed by atoms with Crippen LogP contribution >= 0.6 is 23.2 Å². The second kappa shape index (κ2) is 6.85. The molecule has 1 unspecified atom stereocenters. The van der Waals surface area contributed by atoms with Crippen molar-refractivity contribution in [2.75, 3.05) is 6.54 Å². The smallest absolute Gasteiger partial charge is 0.115 e. The second-order valence-corrected chi connectivity index (χ2v) is 5.07. The molecule has 19 heavy (non-hydrogen) atoms. The lowest BCUT2D eigenvalue weighted by Gasteiger charge is -2.18. The van der Waals surface area contributed by atoms with Crippen LogP contribution in [0.15, 0.2) is 36.9 Å². The summed E-state index contributed by atoms with van der Waals surface area (Å²) in [5.41, 5.74) is 2.06. The van der Waals surface area contributed by atoms with Crippen molar-refractivity contribution in [3.8, 4) is 0 Å². The van der Waals surface area contributed by atoms with Gasteiger partial charge in [-0.25, -0.2) is 9.97 Å². The van der Waals surface area contributed by atoms with Gasteiger partial charge >= 0.3 is 0 Å². The number of benzene rings is 1. The molecule has 0 aliphatic carbocycles. The van der Waals surface area contributed by atoms with Crippen molar-refractivity contribution in [2.24, 2.45) is 0 Å². The molecule has 3 nitrogen and oxygen atoms in total. The Morgan fingerprint density at radius 3 is 2.63 bits per heavy atom. The standard InChI is InChI=1S/C14H15Cl2N3/c1-2-19-14(11-7-17-9-18-8-11)6-10-5-12(15)3-4-13(10)16/h3-5,7-9,14,19H,2,6H2,1H3. The molecular weight excluding hydrogens is 281 g/mol. The van der Waals surface area contributed by atoms with E-state index < -0.39 is 0 Å². The van der Waals surface area contributed by atoms with Gasteiger partial charge in [-0.15, -0.1) is 0 Å². The van der Waals surface area contributed by atoms with Crippen LogP contribution in [0.3, 0.4) is 0 Å². The molecule has 0 bridgehead atoms. The van der Waals surface area contributed by atoms with Crippen LogP contribution in [-0.4, -0.2) is 16.5 Å². The average molecular weight is 296 g/mol. The summed E-state index contributed by atoms with van der Waals surface area (Å²) in [5.74, 6) is 0. The maximum absolute atomic E-state index is 6.21. The summed E-state index contributed by atoms with van der Waals surface area (Å²) in [5, 5.41) is 4.83. The van der Waals surface area contributed by atoms with Crippen LogP contribution in [0.4, 0.5) is 0 Å². The Kier molecular flexibility index (Phi) is 5.14. The Morgan fingerprint density at radius 1 is 1.21 bits per heavy atom. The van der Waals surface area contributed by atoms with E-state index in [2.05, 4.69) is 22.2 Å². The zero-order valence-electron chi connectivity index (χ0n) is 10.6. The van der Waals surface area contributed by atoms with Gasteiger partial charge in [0.2, 0.25) is 0 Å². The minimum atomic E-state index is 0.127. The fourth-order valence-corrected chi connectivity index (χ4v) is 2.35. The molecule has 5 heteroatoms. The summed E-state index contributed by atoms with van der Waals surface area (Å²) < 4.78 is 0. The zero-order chi connectivity index (χ0) is 13.7. The minimum absolute atomic E-state index is 0.127. The third kappa shape index (κ3) is 3.90. The molecule has 0 aliphatic rings. The molecule has 0 saturated heterocycles. The van der Waals surface area contributed by atoms with Gasteiger partial charge in [0.15, 0.2) is 0 Å². The highest BCUT2D eigenvalue weighted by Crippen LogP contribution is 2.25. The van der Waals surface area contributed by atoms with E-state index in [1.54, 1.807) is 6.07 Å². The summed E-state index contributed by atoms with van der Waals surface area (Å²) >= 11 is 12.2. The molecule has 0 radical (unpaired) electrons. The van der Waals surface area contributed by atoms with Gasteiger partial charge in [0.25, 0.3) is 0 Å². The van der Waals surface area contributed by atoms with Gasteiger partial charge in [-0.3, -0.25) is 0 Å². The number of nitrogens with zero attached hydrogens (tertiary/aromatic N) is 2. The van der Waals surface area contributed by atoms with E-state index in [1.807, 2.05) is 24.5 Å². The monoisotopic (exact) mass is 295 g/mol. The molecule has 1 N–H and O–H groups in total. The molecule has 100 valence electrons. The van der Waals surface area contributed by atoms with Gasteiger partial charge in [0, 0.05) is 34.0 Å². The molecule has 2 rings (SSSR count). The largest absolute Gasteiger partial charge is 0.310 e. The SMILES string of the molecule is CCNC(Cc1cc(Cl)ccc1Cl)c1cncnc1. The summed E-state index contributed by atoms with van der Waals surface area (Å²) in [6.45, 7) is 2.92. The molecule has 0 fully saturated rings. The lowest BCUT2D eigenvalue weighted by atomic mass is 10.0. The van der Waals surface area contributed by atoms with E-state index in [1.165, 1.54) is 6.33 Å². The van der Waals surface area contributed by atoms with Gasteiger partial charge in [0.05, 0.1) is 0 Å². The Hall–Kier alpha value is -1.16. The summed E-state index contributed by atoms with van der Waals surface area (Å²) in [4.78, 5) is 8.12. The molecule has 0 saturated carbocycles. The predicted molar refractivity (Wildman–Crippen MR) is 78.6 cm³/mol. The molecule has 1 atom stereocenters. The summed E-state index contributed by atoms with van der Waals surface area (Å²) in [6.07, 6.45) is 5.91. The fourth-order valence-electron chi connectivity index (χ4n) is 1.96. The third-order valence-electron chi connectivity index (χ3n) is 2.87. The highest BCUT2D eigenvalue weighted by molar-refractivity contribution is 6.33. The first kappa shape index (κ1) is 14.3. The quantitative estimate of drug-likeness (QED) is 0.914. The van der Waals surface area contributed by atoms with Crippen molar-refractivity contribution in [1.82, 2.24) is 15.3 Å². The van der Waals surface area contributed by atoms with Crippen LogP contribution in [-0.2, 0) is 6.42 Å². The maximum Gasteiger partial charge on any atom is 0.115 e. The summed E-state index contributed by atoms with van der Waals surface area (Å²) in [6, 6.07) is 5.64. The number of aromatic nitrogens is 2. The average Bonchev–Trinajstić information content (AvgIpc) is 2.43. The Labute approximate surface area is 123 Å². The first-order valence-electron chi connectivity index (χ1n) is 6.13. The third-order valence-corrected chi connectivity index (χ3v) is 3.47. The number of likely N-dealkylation sites (N-methyl/N-ethyl adjacent to an activating group) is 1. The predicted octanol–water partition coefficient (Wildman–Crippen LogP) is 3.68. The van der Waals surface area contributed by atoms with Crippen LogP contribution in [0.25, 0.3) is 0 Å². The normalized spacial score (nSPS) is 12.4. The summed E-state index contributed by atoms with van der Waals surface area (Å²) in [7, 11) is 0. The van der Waals surface area contributed by atoms with Crippen molar-refractivity contribution >= 4 is 23.2 Å². The number of hydrogen-bond donors (Lipinski definition) is 1. The van der Waals surface area contributed by atoms with Crippen molar-refractivity contribution in [3.05, 3.63) is 58.1 Å². The first-order valence-corrected chi connectivity index (χ1v) is 6.88. The maximum atomic E-state index is 6.21. The molecule has 0 aliphatic heterocycles. The van der Waals surface area contributed by atoms with Crippen LogP contribution in [0.5, 0.6) is 0 Å². The van der Waals surface area contributed by atoms with Crippen molar-refractivity contribution in [1.29, 1.82) is 0 Å².